The highest BCUT2D eigenvalue weighted by atomic mass is 16.5. The van der Waals surface area contributed by atoms with E-state index in [2.05, 4.69) is 25.7 Å². The first kappa shape index (κ1) is 28.7. The van der Waals surface area contributed by atoms with E-state index in [0.717, 1.165) is 36.8 Å². The van der Waals surface area contributed by atoms with E-state index in [9.17, 15) is 9.59 Å². The highest BCUT2D eigenvalue weighted by Gasteiger charge is 2.35. The molecule has 1 fully saturated rings. The van der Waals surface area contributed by atoms with E-state index in [-0.39, 0.29) is 24.4 Å². The molecule has 5 rings (SSSR count). The first-order valence-corrected chi connectivity index (χ1v) is 14.0. The number of ether oxygens (including phenoxy) is 2. The van der Waals surface area contributed by atoms with Crippen LogP contribution in [0.4, 0.5) is 5.69 Å². The number of aromatic nitrogens is 5. The van der Waals surface area contributed by atoms with Gasteiger partial charge in [0.15, 0.2) is 11.5 Å². The van der Waals surface area contributed by atoms with E-state index in [0.29, 0.717) is 34.1 Å². The van der Waals surface area contributed by atoms with Gasteiger partial charge in [0.1, 0.15) is 12.6 Å². The summed E-state index contributed by atoms with van der Waals surface area (Å²) in [5.74, 6) is 0.831. The quantitative estimate of drug-likeness (QED) is 0.301. The van der Waals surface area contributed by atoms with Crippen molar-refractivity contribution in [2.24, 2.45) is 0 Å². The minimum absolute atomic E-state index is 0.0819. The molecule has 0 saturated heterocycles. The summed E-state index contributed by atoms with van der Waals surface area (Å²) in [4.78, 5) is 35.1. The van der Waals surface area contributed by atoms with Crippen molar-refractivity contribution < 1.29 is 19.1 Å². The summed E-state index contributed by atoms with van der Waals surface area (Å²) >= 11 is 0. The van der Waals surface area contributed by atoms with Crippen molar-refractivity contribution in [1.82, 2.24) is 30.5 Å². The zero-order valence-corrected chi connectivity index (χ0v) is 24.3. The molecule has 1 aliphatic carbocycles. The van der Waals surface area contributed by atoms with Crippen LogP contribution in [-0.4, -0.2) is 57.3 Å². The topological polar surface area (TPSA) is 124 Å². The molecule has 42 heavy (non-hydrogen) atoms. The average molecular weight is 570 g/mol. The van der Waals surface area contributed by atoms with Crippen molar-refractivity contribution in [3.05, 3.63) is 77.6 Å². The molecule has 1 atom stereocenters. The van der Waals surface area contributed by atoms with Crippen molar-refractivity contribution in [2.45, 2.75) is 58.2 Å². The van der Waals surface area contributed by atoms with Crippen LogP contribution in [0.5, 0.6) is 11.5 Å². The number of benzene rings is 2. The third-order valence-corrected chi connectivity index (χ3v) is 7.71. The Bertz CT molecular complexity index is 1550. The lowest BCUT2D eigenvalue weighted by molar-refractivity contribution is -0.127. The predicted octanol–water partition coefficient (Wildman–Crippen LogP) is 4.20. The summed E-state index contributed by atoms with van der Waals surface area (Å²) in [6, 6.07) is 13.7. The van der Waals surface area contributed by atoms with Gasteiger partial charge in [-0.3, -0.25) is 19.5 Å². The lowest BCUT2D eigenvalue weighted by atomic mass is 10.0. The predicted molar refractivity (Wildman–Crippen MR) is 157 cm³/mol. The Morgan fingerprint density at radius 1 is 1.02 bits per heavy atom. The van der Waals surface area contributed by atoms with E-state index in [1.54, 1.807) is 61.8 Å². The largest absolute Gasteiger partial charge is 0.493 e. The van der Waals surface area contributed by atoms with Gasteiger partial charge in [-0.2, -0.15) is 4.80 Å². The number of nitrogens with one attached hydrogen (secondary N) is 1. The van der Waals surface area contributed by atoms with Gasteiger partial charge in [0.2, 0.25) is 11.7 Å². The Morgan fingerprint density at radius 2 is 1.76 bits per heavy atom. The fourth-order valence-electron chi connectivity index (χ4n) is 5.33. The molecule has 1 aliphatic rings. The number of anilines is 1. The number of carbonyl (C=O) groups is 2. The molecule has 0 radical (unpaired) electrons. The van der Waals surface area contributed by atoms with E-state index in [1.165, 1.54) is 4.80 Å². The molecule has 1 N–H and O–H groups in total. The number of hydrogen-bond acceptors (Lipinski definition) is 8. The summed E-state index contributed by atoms with van der Waals surface area (Å²) in [5.41, 5.74) is 3.86. The minimum Gasteiger partial charge on any atom is -0.493 e. The van der Waals surface area contributed by atoms with Crippen molar-refractivity contribution in [3.8, 4) is 22.9 Å². The first-order valence-electron chi connectivity index (χ1n) is 14.0. The molecular formula is C31H35N7O4. The Kier molecular flexibility index (Phi) is 8.75. The first-order chi connectivity index (χ1) is 20.4. The molecule has 218 valence electrons. The third-order valence-electron chi connectivity index (χ3n) is 7.71. The number of pyridine rings is 1. The second-order valence-corrected chi connectivity index (χ2v) is 10.4. The molecule has 0 aliphatic heterocycles. The van der Waals surface area contributed by atoms with Crippen LogP contribution < -0.4 is 19.7 Å². The Balaban J connectivity index is 1.51. The molecule has 1 saturated carbocycles. The van der Waals surface area contributed by atoms with Gasteiger partial charge in [-0.1, -0.05) is 25.0 Å². The van der Waals surface area contributed by atoms with Crippen LogP contribution in [0.3, 0.4) is 0 Å². The van der Waals surface area contributed by atoms with Gasteiger partial charge in [-0.25, -0.2) is 0 Å². The van der Waals surface area contributed by atoms with Gasteiger partial charge >= 0.3 is 0 Å². The summed E-state index contributed by atoms with van der Waals surface area (Å²) < 4.78 is 10.7. The average Bonchev–Trinajstić information content (AvgIpc) is 3.70. The number of methoxy groups -OCH3 is 2. The van der Waals surface area contributed by atoms with Gasteiger partial charge in [0, 0.05) is 29.7 Å². The van der Waals surface area contributed by atoms with Crippen LogP contribution in [0.15, 0.2) is 60.9 Å². The van der Waals surface area contributed by atoms with Crippen molar-refractivity contribution in [2.75, 3.05) is 19.1 Å². The van der Waals surface area contributed by atoms with Gasteiger partial charge in [0.05, 0.1) is 14.2 Å². The smallest absolute Gasteiger partial charge is 0.251 e. The SMILES string of the molecule is COc1ccc(-c2nnn(CC(=O)N(c3cccc(C)c3C)[C@@H](C(=O)NC3CCCC3)c3ccncc3)n2)cc1OC. The number of rotatable bonds is 10. The highest BCUT2D eigenvalue weighted by molar-refractivity contribution is 6.02. The number of aryl methyl sites for hydroxylation is 1. The molecule has 2 aromatic heterocycles. The number of tetrazole rings is 1. The molecule has 0 unspecified atom stereocenters. The molecule has 11 heteroatoms. The van der Waals surface area contributed by atoms with E-state index < -0.39 is 6.04 Å². The second kappa shape index (κ2) is 12.8. The fourth-order valence-corrected chi connectivity index (χ4v) is 5.33. The maximum absolute atomic E-state index is 14.2. The third kappa shape index (κ3) is 6.09. The molecule has 2 heterocycles. The van der Waals surface area contributed by atoms with Crippen LogP contribution in [0.1, 0.15) is 48.4 Å². The van der Waals surface area contributed by atoms with E-state index in [4.69, 9.17) is 9.47 Å². The van der Waals surface area contributed by atoms with Crippen LogP contribution >= 0.6 is 0 Å². The summed E-state index contributed by atoms with van der Waals surface area (Å²) in [6.07, 6.45) is 7.26. The maximum atomic E-state index is 14.2. The number of nitrogens with zero attached hydrogens (tertiary/aromatic N) is 6. The van der Waals surface area contributed by atoms with Gasteiger partial charge < -0.3 is 14.8 Å². The van der Waals surface area contributed by atoms with E-state index in [1.807, 2.05) is 32.0 Å². The fraction of sp³-hybridized carbons (Fsp3) is 0.355. The monoisotopic (exact) mass is 569 g/mol. The number of carbonyl (C=O) groups excluding carboxylic acids is 2. The summed E-state index contributed by atoms with van der Waals surface area (Å²) in [7, 11) is 3.11. The van der Waals surface area contributed by atoms with Gasteiger partial charge in [-0.05, 0) is 85.0 Å². The van der Waals surface area contributed by atoms with Crippen LogP contribution in [0.2, 0.25) is 0 Å². The van der Waals surface area contributed by atoms with Crippen molar-refractivity contribution in [3.63, 3.8) is 0 Å². The van der Waals surface area contributed by atoms with Crippen LogP contribution in [0, 0.1) is 13.8 Å². The number of amides is 2. The standard InChI is InChI=1S/C31H35N7O4/c1-20-8-7-11-25(21(20)2)38(29(22-14-16-32-17-15-22)31(40)33-24-9-5-6-10-24)28(39)19-37-35-30(34-36-37)23-12-13-26(41-3)27(18-23)42-4/h7-8,11-18,24,29H,5-6,9-10,19H2,1-4H3,(H,33,40)/t29-/m1/s1. The van der Waals surface area contributed by atoms with Crippen LogP contribution in [-0.2, 0) is 16.1 Å². The molecule has 0 bridgehead atoms. The maximum Gasteiger partial charge on any atom is 0.251 e. The van der Waals surface area contributed by atoms with Crippen molar-refractivity contribution >= 4 is 17.5 Å². The summed E-state index contributed by atoms with van der Waals surface area (Å²) in [5, 5.41) is 16.0. The second-order valence-electron chi connectivity index (χ2n) is 10.4. The molecular weight excluding hydrogens is 534 g/mol. The summed E-state index contributed by atoms with van der Waals surface area (Å²) in [6.45, 7) is 3.70. The molecule has 4 aromatic rings. The van der Waals surface area contributed by atoms with E-state index >= 15 is 0 Å². The lowest BCUT2D eigenvalue weighted by Crippen LogP contribution is -2.47. The van der Waals surface area contributed by atoms with Gasteiger partial charge in [-0.15, -0.1) is 10.2 Å². The molecule has 0 spiro atoms. The highest BCUT2D eigenvalue weighted by Crippen LogP contribution is 2.33. The van der Waals surface area contributed by atoms with Crippen molar-refractivity contribution in [1.29, 1.82) is 0 Å². The molecule has 2 aromatic carbocycles. The number of hydrogen-bond donors (Lipinski definition) is 1. The zero-order valence-electron chi connectivity index (χ0n) is 24.3. The molecule has 2 amide bonds. The normalized spacial score (nSPS) is 13.9. The Labute approximate surface area is 244 Å². The van der Waals surface area contributed by atoms with Crippen LogP contribution in [0.25, 0.3) is 11.4 Å². The zero-order chi connectivity index (χ0) is 29.6. The Morgan fingerprint density at radius 3 is 2.48 bits per heavy atom. The van der Waals surface area contributed by atoms with Gasteiger partial charge in [0.25, 0.3) is 5.91 Å². The Hall–Kier alpha value is -4.80. The lowest BCUT2D eigenvalue weighted by Gasteiger charge is -2.33. The minimum atomic E-state index is -0.921. The molecule has 11 nitrogen and oxygen atoms in total.